The summed E-state index contributed by atoms with van der Waals surface area (Å²) in [5.74, 6) is -1.07. The highest BCUT2D eigenvalue weighted by atomic mass is 35.5. The smallest absolute Gasteiger partial charge is 0.379 e. The van der Waals surface area contributed by atoms with E-state index in [9.17, 15) is 14.7 Å². The van der Waals surface area contributed by atoms with Crippen molar-refractivity contribution in [3.63, 3.8) is 0 Å². The fraction of sp³-hybridized carbons (Fsp3) is 0.179. The maximum atomic E-state index is 13.9. The largest absolute Gasteiger partial charge is 0.477 e. The number of carboxylic acid groups (broad SMARTS) is 1. The van der Waals surface area contributed by atoms with Crippen LogP contribution in [0.25, 0.3) is 11.5 Å². The summed E-state index contributed by atoms with van der Waals surface area (Å²) < 4.78 is 4.91. The number of aromatic nitrogens is 1. The third-order valence-corrected chi connectivity index (χ3v) is 6.63. The Labute approximate surface area is 213 Å². The van der Waals surface area contributed by atoms with Crippen molar-refractivity contribution in [2.75, 3.05) is 6.61 Å². The zero-order valence-electron chi connectivity index (χ0n) is 19.3. The van der Waals surface area contributed by atoms with Gasteiger partial charge in [-0.3, -0.25) is 0 Å². The average molecular weight is 504 g/mol. The van der Waals surface area contributed by atoms with Crippen molar-refractivity contribution >= 4 is 23.5 Å². The van der Waals surface area contributed by atoms with E-state index in [-0.39, 0.29) is 19.6 Å². The minimum atomic E-state index is -1.12. The third kappa shape index (κ3) is 4.68. The molecule has 0 saturated carbocycles. The van der Waals surface area contributed by atoms with Gasteiger partial charge in [0.1, 0.15) is 19.4 Å². The summed E-state index contributed by atoms with van der Waals surface area (Å²) in [6.45, 7) is 0.158. The minimum Gasteiger partial charge on any atom is -0.477 e. The molecule has 1 N–H and O–H groups in total. The predicted octanol–water partition coefficient (Wildman–Crippen LogP) is 5.34. The molecule has 3 aromatic carbocycles. The maximum absolute atomic E-state index is 13.9. The van der Waals surface area contributed by atoms with Gasteiger partial charge in [0.25, 0.3) is 0 Å². The molecule has 1 aromatic heterocycles. The molecule has 7 nitrogen and oxygen atoms in total. The molecule has 4 aromatic rings. The van der Waals surface area contributed by atoms with Crippen molar-refractivity contribution < 1.29 is 28.6 Å². The molecule has 0 bridgehead atoms. The molecule has 8 heteroatoms. The predicted molar refractivity (Wildman–Crippen MR) is 133 cm³/mol. The molecule has 0 radical (unpaired) electrons. The summed E-state index contributed by atoms with van der Waals surface area (Å²) in [7, 11) is 0. The number of rotatable bonds is 7. The number of hydroxylamine groups is 3. The van der Waals surface area contributed by atoms with Gasteiger partial charge in [0.2, 0.25) is 11.9 Å². The number of hydrogen-bond donors (Lipinski definition) is 1. The van der Waals surface area contributed by atoms with Crippen LogP contribution in [0.4, 0.5) is 0 Å². The van der Waals surface area contributed by atoms with Gasteiger partial charge >= 0.3 is 11.9 Å². The Bertz CT molecular complexity index is 1400. The standard InChI is InChI=1S/C28H23ClN2O5/c29-23-12-6-11-21(15-23)27(32)31(17-22-10-5-4-9-20(22)16-25(31)28(33)34)36-14-13-24-18-35-26(30-24)19-7-2-1-3-8-19/h1-12,15,18,25H,13-14,16-17H2/p+1. The van der Waals surface area contributed by atoms with E-state index < -0.39 is 22.6 Å². The second kappa shape index (κ2) is 10.1. The molecular weight excluding hydrogens is 480 g/mol. The van der Waals surface area contributed by atoms with Crippen molar-refractivity contribution in [2.24, 2.45) is 0 Å². The van der Waals surface area contributed by atoms with Crippen LogP contribution in [0.5, 0.6) is 0 Å². The molecule has 1 aliphatic heterocycles. The number of aliphatic carboxylic acids is 1. The van der Waals surface area contributed by atoms with E-state index in [1.807, 2.05) is 54.6 Å². The highest BCUT2D eigenvalue weighted by molar-refractivity contribution is 6.30. The summed E-state index contributed by atoms with van der Waals surface area (Å²) in [5.41, 5.74) is 3.55. The maximum Gasteiger partial charge on any atom is 0.379 e. The second-order valence-electron chi connectivity index (χ2n) is 8.69. The summed E-state index contributed by atoms with van der Waals surface area (Å²) in [6.07, 6.45) is 2.06. The Morgan fingerprint density at radius 3 is 2.53 bits per heavy atom. The summed E-state index contributed by atoms with van der Waals surface area (Å²) in [5, 5.41) is 10.6. The van der Waals surface area contributed by atoms with Crippen LogP contribution in [-0.2, 0) is 29.0 Å². The van der Waals surface area contributed by atoms with Crippen LogP contribution in [0.3, 0.4) is 0 Å². The molecule has 2 atom stereocenters. The zero-order chi connectivity index (χ0) is 25.1. The van der Waals surface area contributed by atoms with Crippen molar-refractivity contribution in [1.82, 2.24) is 4.98 Å². The molecule has 5 rings (SSSR count). The number of oxazole rings is 1. The lowest BCUT2D eigenvalue weighted by molar-refractivity contribution is -1.06. The van der Waals surface area contributed by atoms with E-state index >= 15 is 0 Å². The first-order valence-electron chi connectivity index (χ1n) is 11.6. The van der Waals surface area contributed by atoms with Crippen LogP contribution in [0.1, 0.15) is 27.2 Å². The Morgan fingerprint density at radius 2 is 1.78 bits per heavy atom. The van der Waals surface area contributed by atoms with E-state index in [0.717, 1.165) is 16.7 Å². The van der Waals surface area contributed by atoms with Crippen molar-refractivity contribution in [3.05, 3.63) is 113 Å². The van der Waals surface area contributed by atoms with Crippen LogP contribution < -0.4 is 0 Å². The highest BCUT2D eigenvalue weighted by Crippen LogP contribution is 2.34. The quantitative estimate of drug-likeness (QED) is 0.343. The van der Waals surface area contributed by atoms with Crippen molar-refractivity contribution in [1.29, 1.82) is 0 Å². The number of amides is 1. The van der Waals surface area contributed by atoms with Gasteiger partial charge in [0, 0.05) is 29.0 Å². The van der Waals surface area contributed by atoms with Gasteiger partial charge in [-0.1, -0.05) is 64.8 Å². The number of quaternary nitrogens is 1. The van der Waals surface area contributed by atoms with Gasteiger partial charge in [-0.05, 0) is 35.9 Å². The first-order valence-corrected chi connectivity index (χ1v) is 12.0. The normalized spacial score (nSPS) is 19.0. The Morgan fingerprint density at radius 1 is 1.03 bits per heavy atom. The lowest BCUT2D eigenvalue weighted by Gasteiger charge is -2.40. The molecule has 0 spiro atoms. The summed E-state index contributed by atoms with van der Waals surface area (Å²) >= 11 is 6.16. The second-order valence-corrected chi connectivity index (χ2v) is 9.13. The van der Waals surface area contributed by atoms with E-state index in [1.54, 1.807) is 24.5 Å². The number of benzene rings is 3. The number of carbonyl (C=O) groups is 2. The van der Waals surface area contributed by atoms with E-state index in [2.05, 4.69) is 4.98 Å². The van der Waals surface area contributed by atoms with Gasteiger partial charge in [-0.25, -0.2) is 14.6 Å². The monoisotopic (exact) mass is 503 g/mol. The first-order chi connectivity index (χ1) is 17.5. The highest BCUT2D eigenvalue weighted by Gasteiger charge is 2.54. The average Bonchev–Trinajstić information content (AvgIpc) is 3.37. The third-order valence-electron chi connectivity index (χ3n) is 6.39. The number of hydrogen-bond acceptors (Lipinski definition) is 5. The SMILES string of the molecule is O=C(O)C1Cc2ccccc2C[N+]1(OCCc1coc(-c2ccccc2)n1)C(=O)c1cccc(Cl)c1. The van der Waals surface area contributed by atoms with Gasteiger partial charge < -0.3 is 9.52 Å². The Balaban J connectivity index is 1.45. The van der Waals surface area contributed by atoms with Gasteiger partial charge in [0.05, 0.1) is 11.3 Å². The number of halogens is 1. The Hall–Kier alpha value is -3.78. The molecular formula is C28H24ClN2O5+. The fourth-order valence-corrected chi connectivity index (χ4v) is 4.78. The fourth-order valence-electron chi connectivity index (χ4n) is 4.59. The number of carboxylic acids is 1. The van der Waals surface area contributed by atoms with Crippen LogP contribution >= 0.6 is 11.6 Å². The molecule has 0 aliphatic carbocycles. The van der Waals surface area contributed by atoms with Crippen LogP contribution in [0.15, 0.2) is 89.5 Å². The molecule has 0 fully saturated rings. The van der Waals surface area contributed by atoms with Crippen LogP contribution in [-0.4, -0.2) is 39.3 Å². The van der Waals surface area contributed by atoms with E-state index in [1.165, 1.54) is 6.07 Å². The number of fused-ring (bicyclic) bond motifs is 1. The molecule has 1 amide bonds. The lowest BCUT2D eigenvalue weighted by Crippen LogP contribution is -2.64. The summed E-state index contributed by atoms with van der Waals surface area (Å²) in [6, 6.07) is 22.4. The first kappa shape index (κ1) is 23.9. The van der Waals surface area contributed by atoms with Crippen molar-refractivity contribution in [2.45, 2.75) is 25.4 Å². The van der Waals surface area contributed by atoms with E-state index in [4.69, 9.17) is 20.9 Å². The van der Waals surface area contributed by atoms with Gasteiger partial charge in [-0.15, -0.1) is 0 Å². The number of nitrogens with zero attached hydrogens (tertiary/aromatic N) is 2. The number of carbonyl (C=O) groups excluding carboxylic acids is 1. The van der Waals surface area contributed by atoms with E-state index in [0.29, 0.717) is 28.6 Å². The van der Waals surface area contributed by atoms with Gasteiger partial charge in [0.15, 0.2) is 0 Å². The molecule has 36 heavy (non-hydrogen) atoms. The molecule has 1 aliphatic rings. The molecule has 0 saturated heterocycles. The molecule has 2 unspecified atom stereocenters. The Kier molecular flexibility index (Phi) is 6.69. The van der Waals surface area contributed by atoms with Crippen LogP contribution in [0, 0.1) is 0 Å². The topological polar surface area (TPSA) is 89.6 Å². The molecule has 182 valence electrons. The minimum absolute atomic E-state index is 0.0685. The summed E-state index contributed by atoms with van der Waals surface area (Å²) in [4.78, 5) is 37.2. The lowest BCUT2D eigenvalue weighted by atomic mass is 9.92. The molecule has 2 heterocycles. The van der Waals surface area contributed by atoms with Crippen molar-refractivity contribution in [3.8, 4) is 11.5 Å². The zero-order valence-corrected chi connectivity index (χ0v) is 20.1. The van der Waals surface area contributed by atoms with Gasteiger partial charge in [-0.2, -0.15) is 4.84 Å². The van der Waals surface area contributed by atoms with Crippen LogP contribution in [0.2, 0.25) is 5.02 Å².